The van der Waals surface area contributed by atoms with E-state index in [0.29, 0.717) is 11.4 Å². The van der Waals surface area contributed by atoms with Crippen molar-refractivity contribution in [2.24, 2.45) is 4.99 Å². The molecular formula is C21H18ClN3O. The molecule has 1 aliphatic rings. The minimum absolute atomic E-state index is 0.0415. The van der Waals surface area contributed by atoms with Crippen molar-refractivity contribution in [3.8, 4) is 5.75 Å². The number of pyridine rings is 1. The highest BCUT2D eigenvalue weighted by Gasteiger charge is 2.27. The van der Waals surface area contributed by atoms with Gasteiger partial charge < -0.3 is 5.11 Å². The summed E-state index contributed by atoms with van der Waals surface area (Å²) in [4.78, 5) is 9.10. The Labute approximate surface area is 157 Å². The number of aromatic hydroxyl groups is 1. The number of phenolic OH excluding ortho intramolecular Hbond substituents is 1. The molecule has 1 aliphatic heterocycles. The minimum atomic E-state index is -0.248. The summed E-state index contributed by atoms with van der Waals surface area (Å²) in [5.74, 6) is 0.239. The number of phenols is 1. The number of aromatic nitrogens is 1. The molecule has 0 amide bonds. The van der Waals surface area contributed by atoms with Crippen molar-refractivity contribution in [3.63, 3.8) is 0 Å². The number of rotatable bonds is 3. The van der Waals surface area contributed by atoms with Gasteiger partial charge in [0.25, 0.3) is 0 Å². The molecule has 4 nitrogen and oxygen atoms in total. The van der Waals surface area contributed by atoms with E-state index in [2.05, 4.69) is 10.3 Å². The first-order chi connectivity index (χ1) is 12.7. The summed E-state index contributed by atoms with van der Waals surface area (Å²) in [5, 5.41) is 14.5. The zero-order chi connectivity index (χ0) is 17.9. The Morgan fingerprint density at radius 3 is 2.62 bits per heavy atom. The van der Waals surface area contributed by atoms with E-state index < -0.39 is 0 Å². The van der Waals surface area contributed by atoms with Gasteiger partial charge in [0, 0.05) is 35.4 Å². The maximum Gasteiger partial charge on any atom is 0.126 e. The van der Waals surface area contributed by atoms with Crippen LogP contribution in [0.15, 0.2) is 78.0 Å². The fourth-order valence-electron chi connectivity index (χ4n) is 3.23. The third-order valence-corrected chi connectivity index (χ3v) is 4.74. The molecule has 0 saturated heterocycles. The summed E-state index contributed by atoms with van der Waals surface area (Å²) in [6.07, 6.45) is 4.04. The van der Waals surface area contributed by atoms with Gasteiger partial charge in [0.15, 0.2) is 0 Å². The number of hydrogen-bond acceptors (Lipinski definition) is 4. The van der Waals surface area contributed by atoms with Gasteiger partial charge in [0.1, 0.15) is 11.9 Å². The average Bonchev–Trinajstić information content (AvgIpc) is 2.69. The Morgan fingerprint density at radius 2 is 1.85 bits per heavy atom. The molecule has 4 rings (SSSR count). The van der Waals surface area contributed by atoms with Gasteiger partial charge >= 0.3 is 0 Å². The van der Waals surface area contributed by atoms with Crippen molar-refractivity contribution in [2.75, 3.05) is 0 Å². The molecule has 2 atom stereocenters. The summed E-state index contributed by atoms with van der Waals surface area (Å²) >= 11 is 6.17. The summed E-state index contributed by atoms with van der Waals surface area (Å²) in [5.41, 5.74) is 3.69. The van der Waals surface area contributed by atoms with Gasteiger partial charge in [-0.25, -0.2) is 0 Å². The number of para-hydroxylation sites is 1. The van der Waals surface area contributed by atoms with Gasteiger partial charge in [-0.2, -0.15) is 0 Å². The molecule has 0 saturated carbocycles. The zero-order valence-electron chi connectivity index (χ0n) is 14.0. The second-order valence-electron chi connectivity index (χ2n) is 6.26. The molecule has 0 radical (unpaired) electrons. The molecule has 1 aromatic heterocycles. The first-order valence-corrected chi connectivity index (χ1v) is 8.85. The number of halogens is 1. The SMILES string of the molecule is Oc1ccccc1C1=NC(c2cccc(Cl)c2)NC(c2cccnc2)C1. The summed E-state index contributed by atoms with van der Waals surface area (Å²) in [6, 6.07) is 19.0. The van der Waals surface area contributed by atoms with Crippen LogP contribution in [0, 0.1) is 0 Å². The highest BCUT2D eigenvalue weighted by molar-refractivity contribution is 6.30. The molecule has 3 aromatic rings. The lowest BCUT2D eigenvalue weighted by Crippen LogP contribution is -2.33. The van der Waals surface area contributed by atoms with Crippen molar-refractivity contribution < 1.29 is 5.11 Å². The minimum Gasteiger partial charge on any atom is -0.507 e. The number of benzene rings is 2. The van der Waals surface area contributed by atoms with E-state index in [1.54, 1.807) is 12.3 Å². The molecule has 0 bridgehead atoms. The Hall–Kier alpha value is -2.69. The van der Waals surface area contributed by atoms with Crippen LogP contribution in [-0.2, 0) is 0 Å². The third-order valence-electron chi connectivity index (χ3n) is 4.51. The van der Waals surface area contributed by atoms with Crippen LogP contribution < -0.4 is 5.32 Å². The van der Waals surface area contributed by atoms with E-state index in [9.17, 15) is 5.11 Å². The largest absolute Gasteiger partial charge is 0.507 e. The quantitative estimate of drug-likeness (QED) is 0.711. The topological polar surface area (TPSA) is 57.5 Å². The van der Waals surface area contributed by atoms with Crippen LogP contribution in [0.3, 0.4) is 0 Å². The van der Waals surface area contributed by atoms with E-state index in [4.69, 9.17) is 16.6 Å². The molecule has 0 fully saturated rings. The van der Waals surface area contributed by atoms with Crippen LogP contribution in [-0.4, -0.2) is 15.8 Å². The van der Waals surface area contributed by atoms with E-state index in [-0.39, 0.29) is 18.0 Å². The zero-order valence-corrected chi connectivity index (χ0v) is 14.8. The Kier molecular flexibility index (Phi) is 4.69. The normalized spacial score (nSPS) is 19.8. The molecular weight excluding hydrogens is 346 g/mol. The van der Waals surface area contributed by atoms with Gasteiger partial charge in [-0.05, 0) is 41.5 Å². The summed E-state index contributed by atoms with van der Waals surface area (Å²) in [7, 11) is 0. The smallest absolute Gasteiger partial charge is 0.126 e. The van der Waals surface area contributed by atoms with E-state index in [0.717, 1.165) is 22.4 Å². The van der Waals surface area contributed by atoms with Crippen molar-refractivity contribution in [2.45, 2.75) is 18.6 Å². The first-order valence-electron chi connectivity index (χ1n) is 8.47. The predicted octanol–water partition coefficient (Wildman–Crippen LogP) is 4.66. The molecule has 5 heteroatoms. The average molecular weight is 364 g/mol. The third kappa shape index (κ3) is 3.47. The maximum atomic E-state index is 10.3. The number of nitrogens with zero attached hydrogens (tertiary/aromatic N) is 2. The lowest BCUT2D eigenvalue weighted by atomic mass is 9.94. The molecule has 26 heavy (non-hydrogen) atoms. The van der Waals surface area contributed by atoms with Crippen LogP contribution in [0.25, 0.3) is 0 Å². The highest BCUT2D eigenvalue weighted by Crippen LogP contribution is 2.32. The fourth-order valence-corrected chi connectivity index (χ4v) is 3.43. The highest BCUT2D eigenvalue weighted by atomic mass is 35.5. The van der Waals surface area contributed by atoms with E-state index >= 15 is 0 Å². The molecule has 130 valence electrons. The molecule has 0 spiro atoms. The Morgan fingerprint density at radius 1 is 1.00 bits per heavy atom. The predicted molar refractivity (Wildman–Crippen MR) is 104 cm³/mol. The Balaban J connectivity index is 1.77. The fraction of sp³-hybridized carbons (Fsp3) is 0.143. The lowest BCUT2D eigenvalue weighted by Gasteiger charge is -2.30. The van der Waals surface area contributed by atoms with Crippen molar-refractivity contribution in [1.82, 2.24) is 10.3 Å². The van der Waals surface area contributed by atoms with Crippen LogP contribution in [0.1, 0.15) is 35.3 Å². The van der Waals surface area contributed by atoms with Gasteiger partial charge in [0.2, 0.25) is 0 Å². The van der Waals surface area contributed by atoms with Gasteiger partial charge in [-0.15, -0.1) is 0 Å². The number of aliphatic imine (C=N–C) groups is 1. The molecule has 0 aliphatic carbocycles. The number of nitrogens with one attached hydrogen (secondary N) is 1. The van der Waals surface area contributed by atoms with Crippen molar-refractivity contribution in [1.29, 1.82) is 0 Å². The van der Waals surface area contributed by atoms with Crippen LogP contribution in [0.4, 0.5) is 0 Å². The van der Waals surface area contributed by atoms with Crippen molar-refractivity contribution >= 4 is 17.3 Å². The first kappa shape index (κ1) is 16.8. The lowest BCUT2D eigenvalue weighted by molar-refractivity contribution is 0.438. The Bertz CT molecular complexity index is 943. The standard InChI is InChI=1S/C21H18ClN3O/c22-16-7-3-5-14(11-16)21-24-18(15-6-4-10-23-13-15)12-19(25-21)17-8-1-2-9-20(17)26/h1-11,13,18,21,24,26H,12H2. The molecule has 2 N–H and O–H groups in total. The maximum absolute atomic E-state index is 10.3. The summed E-state index contributed by atoms with van der Waals surface area (Å²) < 4.78 is 0. The summed E-state index contributed by atoms with van der Waals surface area (Å²) in [6.45, 7) is 0. The second kappa shape index (κ2) is 7.28. The van der Waals surface area contributed by atoms with Crippen LogP contribution in [0.5, 0.6) is 5.75 Å². The number of hydrogen-bond donors (Lipinski definition) is 2. The van der Waals surface area contributed by atoms with Crippen LogP contribution in [0.2, 0.25) is 5.02 Å². The molecule has 2 aromatic carbocycles. The molecule has 2 heterocycles. The van der Waals surface area contributed by atoms with Gasteiger partial charge in [0.05, 0.1) is 5.71 Å². The van der Waals surface area contributed by atoms with Crippen LogP contribution >= 0.6 is 11.6 Å². The molecule has 2 unspecified atom stereocenters. The van der Waals surface area contributed by atoms with Gasteiger partial charge in [-0.3, -0.25) is 15.3 Å². The monoisotopic (exact) mass is 363 g/mol. The van der Waals surface area contributed by atoms with Gasteiger partial charge in [-0.1, -0.05) is 41.9 Å². The van der Waals surface area contributed by atoms with Crippen molar-refractivity contribution in [3.05, 3.63) is 94.8 Å². The second-order valence-corrected chi connectivity index (χ2v) is 6.70. The van der Waals surface area contributed by atoms with E-state index in [1.807, 2.05) is 60.8 Å². The van der Waals surface area contributed by atoms with E-state index in [1.165, 1.54) is 0 Å².